The Morgan fingerprint density at radius 2 is 1.75 bits per heavy atom. The Balaban J connectivity index is 0.00000280. The second kappa shape index (κ2) is 11.4. The molecule has 0 saturated heterocycles. The van der Waals surface area contributed by atoms with Crippen molar-refractivity contribution in [2.24, 2.45) is 4.99 Å². The van der Waals surface area contributed by atoms with Crippen LogP contribution in [0.4, 0.5) is 4.39 Å². The highest BCUT2D eigenvalue weighted by molar-refractivity contribution is 14.0. The second-order valence-corrected chi connectivity index (χ2v) is 6.12. The van der Waals surface area contributed by atoms with Crippen molar-refractivity contribution in [3.05, 3.63) is 83.9 Å². The third-order valence-electron chi connectivity index (χ3n) is 4.09. The average Bonchev–Trinajstić information content (AvgIpc) is 3.23. The number of nitrogens with zero attached hydrogens (tertiary/aromatic N) is 3. The largest absolute Gasteiger partial charge is 0.357 e. The highest BCUT2D eigenvalue weighted by Crippen LogP contribution is 2.09. The average molecular weight is 493 g/mol. The smallest absolute Gasteiger partial charge is 0.191 e. The molecule has 0 unspecified atom stereocenters. The van der Waals surface area contributed by atoms with Gasteiger partial charge in [-0.3, -0.25) is 0 Å². The predicted octanol–water partition coefficient (Wildman–Crippen LogP) is 3.93. The first kappa shape index (κ1) is 21.9. The van der Waals surface area contributed by atoms with E-state index in [1.807, 2.05) is 23.9 Å². The van der Waals surface area contributed by atoms with Crippen LogP contribution in [0.15, 0.2) is 72.0 Å². The monoisotopic (exact) mass is 493 g/mol. The molecule has 0 fully saturated rings. The molecule has 0 bridgehead atoms. The molecule has 7 heteroatoms. The minimum Gasteiger partial charge on any atom is -0.357 e. The first-order valence-corrected chi connectivity index (χ1v) is 9.10. The van der Waals surface area contributed by atoms with E-state index in [0.717, 1.165) is 36.7 Å². The van der Waals surface area contributed by atoms with Crippen molar-refractivity contribution in [1.29, 1.82) is 0 Å². The lowest BCUT2D eigenvalue weighted by Crippen LogP contribution is -2.38. The van der Waals surface area contributed by atoms with Crippen molar-refractivity contribution in [3.63, 3.8) is 0 Å². The number of guanidine groups is 1. The van der Waals surface area contributed by atoms with Gasteiger partial charge >= 0.3 is 0 Å². The van der Waals surface area contributed by atoms with Gasteiger partial charge in [0.15, 0.2) is 5.96 Å². The molecule has 2 N–H and O–H groups in total. The van der Waals surface area contributed by atoms with Crippen molar-refractivity contribution in [3.8, 4) is 5.69 Å². The van der Waals surface area contributed by atoms with Gasteiger partial charge in [-0.1, -0.05) is 24.3 Å². The Morgan fingerprint density at radius 3 is 2.39 bits per heavy atom. The fourth-order valence-electron chi connectivity index (χ4n) is 2.66. The number of rotatable bonds is 7. The fraction of sp³-hybridized carbons (Fsp3) is 0.238. The summed E-state index contributed by atoms with van der Waals surface area (Å²) in [5.74, 6) is 0.529. The van der Waals surface area contributed by atoms with Gasteiger partial charge in [0.25, 0.3) is 0 Å². The maximum absolute atomic E-state index is 13.0. The molecule has 2 aromatic carbocycles. The Bertz CT molecular complexity index is 846. The molecular formula is C21H25FIN5. The van der Waals surface area contributed by atoms with Gasteiger partial charge in [0, 0.05) is 25.5 Å². The molecule has 0 aliphatic carbocycles. The lowest BCUT2D eigenvalue weighted by atomic mass is 10.1. The van der Waals surface area contributed by atoms with Crippen LogP contribution in [0.25, 0.3) is 5.69 Å². The molecule has 3 aromatic rings. The Kier molecular flexibility index (Phi) is 8.93. The van der Waals surface area contributed by atoms with Crippen molar-refractivity contribution in [2.45, 2.75) is 19.9 Å². The van der Waals surface area contributed by atoms with E-state index in [4.69, 9.17) is 0 Å². The quantitative estimate of drug-likeness (QED) is 0.298. The van der Waals surface area contributed by atoms with Crippen molar-refractivity contribution >= 4 is 29.9 Å². The molecule has 0 aliphatic rings. The van der Waals surface area contributed by atoms with E-state index in [2.05, 4.69) is 45.0 Å². The molecule has 0 radical (unpaired) electrons. The van der Waals surface area contributed by atoms with E-state index in [9.17, 15) is 4.39 Å². The van der Waals surface area contributed by atoms with E-state index >= 15 is 0 Å². The molecule has 0 spiro atoms. The Hall–Kier alpha value is -2.42. The van der Waals surface area contributed by atoms with Crippen LogP contribution >= 0.6 is 24.0 Å². The molecule has 1 heterocycles. The summed E-state index contributed by atoms with van der Waals surface area (Å²) in [6.07, 6.45) is 4.59. The molecule has 3 rings (SSSR count). The molecule has 0 saturated carbocycles. The van der Waals surface area contributed by atoms with Crippen LogP contribution in [0, 0.1) is 5.82 Å². The molecule has 28 heavy (non-hydrogen) atoms. The van der Waals surface area contributed by atoms with Crippen LogP contribution in [0.1, 0.15) is 18.1 Å². The zero-order valence-corrected chi connectivity index (χ0v) is 18.1. The third kappa shape index (κ3) is 6.63. The van der Waals surface area contributed by atoms with Gasteiger partial charge in [-0.05, 0) is 54.8 Å². The normalized spacial score (nSPS) is 11.0. The van der Waals surface area contributed by atoms with Crippen molar-refractivity contribution in [2.75, 3.05) is 13.1 Å². The summed E-state index contributed by atoms with van der Waals surface area (Å²) < 4.78 is 14.8. The number of aromatic nitrogens is 2. The van der Waals surface area contributed by atoms with Gasteiger partial charge in [-0.2, -0.15) is 5.10 Å². The fourth-order valence-corrected chi connectivity index (χ4v) is 2.66. The number of hydrogen-bond donors (Lipinski definition) is 2. The van der Waals surface area contributed by atoms with Gasteiger partial charge in [0.05, 0.1) is 12.2 Å². The maximum atomic E-state index is 13.0. The SMILES string of the molecule is CCNC(=NCc1ccc(F)cc1)NCCc1ccc(-n2cccn2)cc1.I. The van der Waals surface area contributed by atoms with Gasteiger partial charge in [-0.25, -0.2) is 14.1 Å². The van der Waals surface area contributed by atoms with E-state index in [0.29, 0.717) is 6.54 Å². The zero-order valence-electron chi connectivity index (χ0n) is 15.8. The van der Waals surface area contributed by atoms with Crippen LogP contribution < -0.4 is 10.6 Å². The van der Waals surface area contributed by atoms with Crippen LogP contribution in [0.2, 0.25) is 0 Å². The summed E-state index contributed by atoms with van der Waals surface area (Å²) in [7, 11) is 0. The van der Waals surface area contributed by atoms with Crippen LogP contribution in [-0.2, 0) is 13.0 Å². The molecular weight excluding hydrogens is 468 g/mol. The van der Waals surface area contributed by atoms with E-state index in [1.165, 1.54) is 17.7 Å². The zero-order chi connectivity index (χ0) is 18.9. The maximum Gasteiger partial charge on any atom is 0.191 e. The highest BCUT2D eigenvalue weighted by atomic mass is 127. The summed E-state index contributed by atoms with van der Waals surface area (Å²) in [5.41, 5.74) is 3.27. The number of nitrogens with one attached hydrogen (secondary N) is 2. The minimum atomic E-state index is -0.230. The molecule has 148 valence electrons. The van der Waals surface area contributed by atoms with Crippen LogP contribution in [-0.4, -0.2) is 28.8 Å². The van der Waals surface area contributed by atoms with Gasteiger partial charge in [-0.15, -0.1) is 24.0 Å². The summed E-state index contributed by atoms with van der Waals surface area (Å²) in [5, 5.41) is 10.8. The van der Waals surface area contributed by atoms with Crippen LogP contribution in [0.3, 0.4) is 0 Å². The van der Waals surface area contributed by atoms with E-state index < -0.39 is 0 Å². The number of aliphatic imine (C=N–C) groups is 1. The van der Waals surface area contributed by atoms with Gasteiger partial charge in [0.1, 0.15) is 5.82 Å². The topological polar surface area (TPSA) is 54.2 Å². The predicted molar refractivity (Wildman–Crippen MR) is 122 cm³/mol. The summed E-state index contributed by atoms with van der Waals surface area (Å²) >= 11 is 0. The molecule has 5 nitrogen and oxygen atoms in total. The highest BCUT2D eigenvalue weighted by Gasteiger charge is 2.00. The molecule has 0 atom stereocenters. The molecule has 0 amide bonds. The van der Waals surface area contributed by atoms with Crippen molar-refractivity contribution in [1.82, 2.24) is 20.4 Å². The standard InChI is InChI=1S/C21H24FN5.HI/c1-2-23-21(25-16-18-4-8-19(22)9-5-18)24-14-12-17-6-10-20(11-7-17)27-15-3-13-26-27;/h3-11,13,15H,2,12,14,16H2,1H3,(H2,23,24,25);1H. The van der Waals surface area contributed by atoms with Crippen LogP contribution in [0.5, 0.6) is 0 Å². The van der Waals surface area contributed by atoms with Crippen molar-refractivity contribution < 1.29 is 4.39 Å². The van der Waals surface area contributed by atoms with E-state index in [1.54, 1.807) is 18.3 Å². The summed E-state index contributed by atoms with van der Waals surface area (Å²) in [4.78, 5) is 4.55. The van der Waals surface area contributed by atoms with Gasteiger partial charge < -0.3 is 10.6 Å². The second-order valence-electron chi connectivity index (χ2n) is 6.12. The molecule has 1 aromatic heterocycles. The number of hydrogen-bond acceptors (Lipinski definition) is 2. The van der Waals surface area contributed by atoms with E-state index in [-0.39, 0.29) is 29.8 Å². The lowest BCUT2D eigenvalue weighted by Gasteiger charge is -2.11. The Morgan fingerprint density at radius 1 is 1.04 bits per heavy atom. The minimum absolute atomic E-state index is 0. The molecule has 0 aliphatic heterocycles. The summed E-state index contributed by atoms with van der Waals surface area (Å²) in [6, 6.07) is 16.7. The van der Waals surface area contributed by atoms with Gasteiger partial charge in [0.2, 0.25) is 0 Å². The lowest BCUT2D eigenvalue weighted by molar-refractivity contribution is 0.627. The first-order valence-electron chi connectivity index (χ1n) is 9.10. The Labute approximate surface area is 182 Å². The summed E-state index contributed by atoms with van der Waals surface area (Å²) in [6.45, 7) is 4.10. The first-order chi connectivity index (χ1) is 13.2. The number of benzene rings is 2. The third-order valence-corrected chi connectivity index (χ3v) is 4.09. The number of halogens is 2.